The van der Waals surface area contributed by atoms with Crippen LogP contribution in [0.1, 0.15) is 47.5 Å². The van der Waals surface area contributed by atoms with Crippen molar-refractivity contribution in [2.45, 2.75) is 59.1 Å². The maximum absolute atomic E-state index is 11.6. The van der Waals surface area contributed by atoms with Crippen LogP contribution in [0.2, 0.25) is 0 Å². The van der Waals surface area contributed by atoms with Crippen LogP contribution in [0.4, 0.5) is 16.3 Å². The van der Waals surface area contributed by atoms with Gasteiger partial charge in [-0.1, -0.05) is 13.8 Å². The van der Waals surface area contributed by atoms with E-state index in [4.69, 9.17) is 4.74 Å². The molecule has 1 aliphatic rings. The van der Waals surface area contributed by atoms with E-state index in [1.165, 1.54) is 12.8 Å². The minimum Gasteiger partial charge on any atom is -0.444 e. The summed E-state index contributed by atoms with van der Waals surface area (Å²) in [5.41, 5.74) is 0.913. The van der Waals surface area contributed by atoms with E-state index < -0.39 is 11.7 Å². The lowest BCUT2D eigenvalue weighted by molar-refractivity contribution is 0.0635. The fourth-order valence-electron chi connectivity index (χ4n) is 2.57. The minimum absolute atomic E-state index is 0.448. The van der Waals surface area contributed by atoms with Crippen molar-refractivity contribution in [3.8, 4) is 0 Å². The van der Waals surface area contributed by atoms with Crippen LogP contribution in [0.25, 0.3) is 0 Å². The zero-order valence-corrected chi connectivity index (χ0v) is 13.5. The van der Waals surface area contributed by atoms with E-state index in [0.717, 1.165) is 5.69 Å². The molecular weight excluding hydrogens is 266 g/mol. The van der Waals surface area contributed by atoms with Crippen LogP contribution in [0.5, 0.6) is 0 Å². The molecule has 0 saturated heterocycles. The van der Waals surface area contributed by atoms with Gasteiger partial charge in [0.2, 0.25) is 0 Å². The Balaban J connectivity index is 1.83. The van der Waals surface area contributed by atoms with Crippen molar-refractivity contribution in [2.24, 2.45) is 5.41 Å². The molecule has 21 heavy (non-hydrogen) atoms. The van der Waals surface area contributed by atoms with Gasteiger partial charge in [-0.15, -0.1) is 0 Å². The minimum atomic E-state index is -0.511. The highest BCUT2D eigenvalue weighted by atomic mass is 16.6. The second-order valence-corrected chi connectivity index (χ2v) is 7.47. The first-order chi connectivity index (χ1) is 9.63. The molecule has 0 bridgehead atoms. The number of hydrogen-bond donors (Lipinski definition) is 2. The highest BCUT2D eigenvalue weighted by Gasteiger charge is 2.35. The smallest absolute Gasteiger partial charge is 0.413 e. The molecule has 0 atom stereocenters. The Morgan fingerprint density at radius 1 is 1.33 bits per heavy atom. The second-order valence-electron chi connectivity index (χ2n) is 7.47. The number of carbonyl (C=O) groups is 1. The van der Waals surface area contributed by atoms with Crippen LogP contribution < -0.4 is 10.6 Å². The molecule has 116 valence electrons. The van der Waals surface area contributed by atoms with E-state index in [2.05, 4.69) is 29.5 Å². The lowest BCUT2D eigenvalue weighted by Gasteiger charge is -2.43. The maximum atomic E-state index is 11.6. The number of amides is 1. The molecule has 0 spiro atoms. The third-order valence-electron chi connectivity index (χ3n) is 3.36. The van der Waals surface area contributed by atoms with Crippen molar-refractivity contribution in [1.29, 1.82) is 0 Å². The van der Waals surface area contributed by atoms with Crippen LogP contribution in [0.3, 0.4) is 0 Å². The average Bonchev–Trinajstić information content (AvgIpc) is 2.26. The molecule has 0 aliphatic heterocycles. The van der Waals surface area contributed by atoms with E-state index in [1.54, 1.807) is 12.3 Å². The Kier molecular flexibility index (Phi) is 4.12. The van der Waals surface area contributed by atoms with E-state index in [1.807, 2.05) is 26.8 Å². The SMILES string of the molecule is CC1(C)CC(Nc2ccc(NC(=O)OC(C)(C)C)nc2)C1. The molecule has 2 rings (SSSR count). The van der Waals surface area contributed by atoms with Gasteiger partial charge in [-0.25, -0.2) is 9.78 Å². The lowest BCUT2D eigenvalue weighted by atomic mass is 9.68. The highest BCUT2D eigenvalue weighted by molar-refractivity contribution is 5.83. The first kappa shape index (κ1) is 15.6. The number of nitrogens with zero attached hydrogens (tertiary/aromatic N) is 1. The number of anilines is 2. The van der Waals surface area contributed by atoms with Gasteiger partial charge in [0.1, 0.15) is 11.4 Å². The Morgan fingerprint density at radius 2 is 2.00 bits per heavy atom. The number of ether oxygens (including phenoxy) is 1. The number of aromatic nitrogens is 1. The topological polar surface area (TPSA) is 63.2 Å². The van der Waals surface area contributed by atoms with Crippen molar-refractivity contribution >= 4 is 17.6 Å². The van der Waals surface area contributed by atoms with Gasteiger partial charge in [0.25, 0.3) is 0 Å². The number of carbonyl (C=O) groups excluding carboxylic acids is 1. The van der Waals surface area contributed by atoms with Gasteiger partial charge in [0.05, 0.1) is 11.9 Å². The number of rotatable bonds is 3. The highest BCUT2D eigenvalue weighted by Crippen LogP contribution is 2.41. The van der Waals surface area contributed by atoms with Gasteiger partial charge >= 0.3 is 6.09 Å². The molecule has 1 heterocycles. The lowest BCUT2D eigenvalue weighted by Crippen LogP contribution is -2.41. The monoisotopic (exact) mass is 291 g/mol. The fraction of sp³-hybridized carbons (Fsp3) is 0.625. The molecule has 0 radical (unpaired) electrons. The summed E-state index contributed by atoms with van der Waals surface area (Å²) in [5.74, 6) is 0.490. The van der Waals surface area contributed by atoms with Gasteiger partial charge < -0.3 is 10.1 Å². The molecular formula is C16H25N3O2. The summed E-state index contributed by atoms with van der Waals surface area (Å²) < 4.78 is 5.18. The molecule has 0 unspecified atom stereocenters. The summed E-state index contributed by atoms with van der Waals surface area (Å²) >= 11 is 0. The quantitative estimate of drug-likeness (QED) is 0.882. The zero-order valence-electron chi connectivity index (χ0n) is 13.5. The normalized spacial score (nSPS) is 17.8. The van der Waals surface area contributed by atoms with Crippen molar-refractivity contribution in [2.75, 3.05) is 10.6 Å². The molecule has 5 heteroatoms. The summed E-state index contributed by atoms with van der Waals surface area (Å²) in [7, 11) is 0. The molecule has 1 aromatic rings. The predicted molar refractivity (Wildman–Crippen MR) is 84.5 cm³/mol. The first-order valence-corrected chi connectivity index (χ1v) is 7.36. The molecule has 5 nitrogen and oxygen atoms in total. The summed E-state index contributed by atoms with van der Waals surface area (Å²) in [6.07, 6.45) is 3.59. The molecule has 1 saturated carbocycles. The Bertz CT molecular complexity index is 495. The predicted octanol–water partition coefficient (Wildman–Crippen LogP) is 4.03. The van der Waals surface area contributed by atoms with E-state index in [-0.39, 0.29) is 0 Å². The second kappa shape index (κ2) is 5.54. The first-order valence-electron chi connectivity index (χ1n) is 7.36. The van der Waals surface area contributed by atoms with Crippen LogP contribution in [0.15, 0.2) is 18.3 Å². The average molecular weight is 291 g/mol. The summed E-state index contributed by atoms with van der Waals surface area (Å²) in [5, 5.41) is 6.07. The Morgan fingerprint density at radius 3 is 2.48 bits per heavy atom. The van der Waals surface area contributed by atoms with E-state index in [0.29, 0.717) is 17.3 Å². The Labute approximate surface area is 126 Å². The van der Waals surface area contributed by atoms with Crippen LogP contribution >= 0.6 is 0 Å². The molecule has 1 aromatic heterocycles. The van der Waals surface area contributed by atoms with Crippen molar-refractivity contribution in [1.82, 2.24) is 4.98 Å². The maximum Gasteiger partial charge on any atom is 0.413 e. The molecule has 1 aliphatic carbocycles. The van der Waals surface area contributed by atoms with Crippen molar-refractivity contribution in [3.63, 3.8) is 0 Å². The zero-order chi connectivity index (χ0) is 15.7. The largest absolute Gasteiger partial charge is 0.444 e. The van der Waals surface area contributed by atoms with Crippen LogP contribution in [-0.2, 0) is 4.74 Å². The summed E-state index contributed by atoms with van der Waals surface area (Å²) in [6, 6.07) is 4.22. The molecule has 2 N–H and O–H groups in total. The molecule has 1 amide bonds. The fourth-order valence-corrected chi connectivity index (χ4v) is 2.57. The van der Waals surface area contributed by atoms with Gasteiger partial charge in [0, 0.05) is 6.04 Å². The van der Waals surface area contributed by atoms with E-state index in [9.17, 15) is 4.79 Å². The van der Waals surface area contributed by atoms with Gasteiger partial charge in [-0.3, -0.25) is 5.32 Å². The third-order valence-corrected chi connectivity index (χ3v) is 3.36. The molecule has 1 fully saturated rings. The number of hydrogen-bond acceptors (Lipinski definition) is 4. The van der Waals surface area contributed by atoms with Gasteiger partial charge in [-0.05, 0) is 51.2 Å². The molecule has 0 aromatic carbocycles. The van der Waals surface area contributed by atoms with Gasteiger partial charge in [0.15, 0.2) is 0 Å². The van der Waals surface area contributed by atoms with Gasteiger partial charge in [-0.2, -0.15) is 0 Å². The van der Waals surface area contributed by atoms with E-state index >= 15 is 0 Å². The summed E-state index contributed by atoms with van der Waals surface area (Å²) in [6.45, 7) is 10.0. The summed E-state index contributed by atoms with van der Waals surface area (Å²) in [4.78, 5) is 15.9. The third kappa shape index (κ3) is 4.92. The van der Waals surface area contributed by atoms with Crippen molar-refractivity contribution < 1.29 is 9.53 Å². The Hall–Kier alpha value is -1.78. The van der Waals surface area contributed by atoms with Crippen LogP contribution in [0, 0.1) is 5.41 Å². The number of nitrogens with one attached hydrogen (secondary N) is 2. The standard InChI is InChI=1S/C16H25N3O2/c1-15(2,3)21-14(20)19-13-7-6-11(10-17-13)18-12-8-16(4,5)9-12/h6-7,10,12,18H,8-9H2,1-5H3,(H,17,19,20). The van der Waals surface area contributed by atoms with Crippen molar-refractivity contribution in [3.05, 3.63) is 18.3 Å². The number of pyridine rings is 1. The van der Waals surface area contributed by atoms with Crippen LogP contribution in [-0.4, -0.2) is 22.7 Å².